The molecular formula is C15H15BrN4O2. The molecule has 0 amide bonds. The number of ether oxygens (including phenoxy) is 2. The molecule has 2 heterocycles. The van der Waals surface area contributed by atoms with Crippen LogP contribution in [-0.2, 0) is 6.54 Å². The van der Waals surface area contributed by atoms with E-state index in [-0.39, 0.29) is 0 Å². The molecule has 0 bridgehead atoms. The monoisotopic (exact) mass is 362 g/mol. The lowest BCUT2D eigenvalue weighted by atomic mass is 10.2. The van der Waals surface area contributed by atoms with Gasteiger partial charge >= 0.3 is 0 Å². The number of rotatable bonds is 5. The number of benzene rings is 1. The first kappa shape index (κ1) is 14.6. The Morgan fingerprint density at radius 2 is 2.05 bits per heavy atom. The maximum absolute atomic E-state index is 5.40. The number of hydrogen-bond acceptors (Lipinski definition) is 5. The first-order valence-electron chi connectivity index (χ1n) is 6.64. The number of aromatic nitrogens is 3. The third-order valence-electron chi connectivity index (χ3n) is 3.30. The van der Waals surface area contributed by atoms with Gasteiger partial charge in [-0.25, -0.2) is 9.97 Å². The zero-order valence-electron chi connectivity index (χ0n) is 12.2. The molecule has 0 aliphatic heterocycles. The number of nitrogens with zero attached hydrogens (tertiary/aromatic N) is 3. The van der Waals surface area contributed by atoms with E-state index in [4.69, 9.17) is 9.47 Å². The molecule has 0 fully saturated rings. The van der Waals surface area contributed by atoms with Gasteiger partial charge in [-0.05, 0) is 34.1 Å². The molecule has 0 unspecified atom stereocenters. The summed E-state index contributed by atoms with van der Waals surface area (Å²) in [6.07, 6.45) is 3.46. The second-order valence-corrected chi connectivity index (χ2v) is 5.53. The fourth-order valence-corrected chi connectivity index (χ4v) is 2.61. The first-order valence-corrected chi connectivity index (χ1v) is 7.44. The number of halogens is 1. The van der Waals surface area contributed by atoms with Gasteiger partial charge in [0.25, 0.3) is 0 Å². The van der Waals surface area contributed by atoms with Crippen molar-refractivity contribution in [3.8, 4) is 11.5 Å². The standard InChI is InChI=1S/C15H15BrN4O2/c1-21-12-4-3-10(13(6-12)22-2)7-17-15-19-9-18-14-5-11(16)8-20(14)15/h3-6,8-9H,7H2,1-2H3,(H,17,18,19). The van der Waals surface area contributed by atoms with E-state index >= 15 is 0 Å². The van der Waals surface area contributed by atoms with Gasteiger partial charge in [-0.3, -0.25) is 4.40 Å². The Kier molecular flexibility index (Phi) is 4.15. The van der Waals surface area contributed by atoms with Crippen molar-refractivity contribution < 1.29 is 9.47 Å². The summed E-state index contributed by atoms with van der Waals surface area (Å²) in [4.78, 5) is 8.49. The predicted molar refractivity (Wildman–Crippen MR) is 87.6 cm³/mol. The SMILES string of the molecule is COc1ccc(CNc2ncnc3cc(Br)cn23)c(OC)c1. The Hall–Kier alpha value is -2.28. The summed E-state index contributed by atoms with van der Waals surface area (Å²) in [7, 11) is 3.28. The largest absolute Gasteiger partial charge is 0.497 e. The normalized spacial score (nSPS) is 10.7. The highest BCUT2D eigenvalue weighted by atomic mass is 79.9. The lowest BCUT2D eigenvalue weighted by molar-refractivity contribution is 0.391. The number of fused-ring (bicyclic) bond motifs is 1. The lowest BCUT2D eigenvalue weighted by Gasteiger charge is -2.12. The first-order chi connectivity index (χ1) is 10.7. The van der Waals surface area contributed by atoms with Crippen LogP contribution < -0.4 is 14.8 Å². The summed E-state index contributed by atoms with van der Waals surface area (Å²) >= 11 is 3.44. The second kappa shape index (κ2) is 6.23. The van der Waals surface area contributed by atoms with Crippen molar-refractivity contribution >= 4 is 27.5 Å². The van der Waals surface area contributed by atoms with Crippen molar-refractivity contribution in [2.75, 3.05) is 19.5 Å². The molecule has 6 nitrogen and oxygen atoms in total. The smallest absolute Gasteiger partial charge is 0.210 e. The molecule has 0 spiro atoms. The highest BCUT2D eigenvalue weighted by molar-refractivity contribution is 9.10. The zero-order chi connectivity index (χ0) is 15.5. The van der Waals surface area contributed by atoms with E-state index in [0.717, 1.165) is 27.2 Å². The van der Waals surface area contributed by atoms with Crippen molar-refractivity contribution in [1.82, 2.24) is 14.4 Å². The van der Waals surface area contributed by atoms with E-state index in [2.05, 4.69) is 31.2 Å². The minimum Gasteiger partial charge on any atom is -0.497 e. The van der Waals surface area contributed by atoms with E-state index in [1.807, 2.05) is 34.9 Å². The Morgan fingerprint density at radius 3 is 2.82 bits per heavy atom. The summed E-state index contributed by atoms with van der Waals surface area (Å²) in [5, 5.41) is 3.30. The maximum Gasteiger partial charge on any atom is 0.210 e. The van der Waals surface area contributed by atoms with Gasteiger partial charge in [0, 0.05) is 28.8 Å². The zero-order valence-corrected chi connectivity index (χ0v) is 13.8. The van der Waals surface area contributed by atoms with Gasteiger partial charge in [0.2, 0.25) is 5.95 Å². The van der Waals surface area contributed by atoms with Crippen LogP contribution in [0.5, 0.6) is 11.5 Å². The summed E-state index contributed by atoms with van der Waals surface area (Å²) in [5.74, 6) is 2.25. The molecule has 22 heavy (non-hydrogen) atoms. The minimum absolute atomic E-state index is 0.578. The number of nitrogens with one attached hydrogen (secondary N) is 1. The number of anilines is 1. The molecule has 3 aromatic rings. The average molecular weight is 363 g/mol. The van der Waals surface area contributed by atoms with Gasteiger partial charge in [-0.15, -0.1) is 0 Å². The van der Waals surface area contributed by atoms with E-state index < -0.39 is 0 Å². The molecule has 0 atom stereocenters. The van der Waals surface area contributed by atoms with Crippen LogP contribution in [0, 0.1) is 0 Å². The average Bonchev–Trinajstić information content (AvgIpc) is 2.93. The molecular weight excluding hydrogens is 348 g/mol. The van der Waals surface area contributed by atoms with E-state index in [9.17, 15) is 0 Å². The number of hydrogen-bond donors (Lipinski definition) is 1. The molecule has 0 saturated heterocycles. The third kappa shape index (κ3) is 2.85. The molecule has 1 N–H and O–H groups in total. The Labute approximate surface area is 136 Å². The van der Waals surface area contributed by atoms with Gasteiger partial charge in [0.05, 0.1) is 14.2 Å². The van der Waals surface area contributed by atoms with E-state index in [1.165, 1.54) is 6.33 Å². The second-order valence-electron chi connectivity index (χ2n) is 4.62. The van der Waals surface area contributed by atoms with Gasteiger partial charge < -0.3 is 14.8 Å². The topological polar surface area (TPSA) is 60.7 Å². The van der Waals surface area contributed by atoms with Crippen LogP contribution in [0.2, 0.25) is 0 Å². The van der Waals surface area contributed by atoms with Crippen LogP contribution >= 0.6 is 15.9 Å². The molecule has 0 aliphatic rings. The van der Waals surface area contributed by atoms with Gasteiger partial charge in [0.1, 0.15) is 23.5 Å². The quantitative estimate of drug-likeness (QED) is 0.755. The fraction of sp³-hybridized carbons (Fsp3) is 0.200. The Morgan fingerprint density at radius 1 is 1.18 bits per heavy atom. The lowest BCUT2D eigenvalue weighted by Crippen LogP contribution is -2.07. The van der Waals surface area contributed by atoms with E-state index in [0.29, 0.717) is 12.5 Å². The molecule has 0 saturated carbocycles. The van der Waals surface area contributed by atoms with Gasteiger partial charge in [0.15, 0.2) is 0 Å². The molecule has 1 aromatic carbocycles. The fourth-order valence-electron chi connectivity index (χ4n) is 2.20. The van der Waals surface area contributed by atoms with Crippen LogP contribution in [0.1, 0.15) is 5.56 Å². The highest BCUT2D eigenvalue weighted by Crippen LogP contribution is 2.25. The van der Waals surface area contributed by atoms with Crippen molar-refractivity contribution in [2.24, 2.45) is 0 Å². The van der Waals surface area contributed by atoms with Gasteiger partial charge in [-0.1, -0.05) is 0 Å². The minimum atomic E-state index is 0.578. The summed E-state index contributed by atoms with van der Waals surface area (Å²) in [6, 6.07) is 7.66. The van der Waals surface area contributed by atoms with E-state index in [1.54, 1.807) is 14.2 Å². The molecule has 3 rings (SSSR count). The molecule has 2 aromatic heterocycles. The van der Waals surface area contributed by atoms with Crippen LogP contribution in [0.4, 0.5) is 5.95 Å². The maximum atomic E-state index is 5.40. The van der Waals surface area contributed by atoms with Crippen molar-refractivity contribution in [3.63, 3.8) is 0 Å². The van der Waals surface area contributed by atoms with Crippen molar-refractivity contribution in [3.05, 3.63) is 46.8 Å². The van der Waals surface area contributed by atoms with Crippen molar-refractivity contribution in [2.45, 2.75) is 6.54 Å². The van der Waals surface area contributed by atoms with Crippen LogP contribution in [0.25, 0.3) is 5.65 Å². The Balaban J connectivity index is 1.85. The molecule has 0 aliphatic carbocycles. The van der Waals surface area contributed by atoms with Crippen LogP contribution in [-0.4, -0.2) is 28.6 Å². The summed E-state index contributed by atoms with van der Waals surface area (Å²) < 4.78 is 13.5. The number of methoxy groups -OCH3 is 2. The van der Waals surface area contributed by atoms with Gasteiger partial charge in [-0.2, -0.15) is 0 Å². The molecule has 0 radical (unpaired) electrons. The summed E-state index contributed by atoms with van der Waals surface area (Å²) in [5.41, 5.74) is 1.84. The van der Waals surface area contributed by atoms with Crippen molar-refractivity contribution in [1.29, 1.82) is 0 Å². The van der Waals surface area contributed by atoms with Crippen LogP contribution in [0.15, 0.2) is 41.3 Å². The summed E-state index contributed by atoms with van der Waals surface area (Å²) in [6.45, 7) is 0.578. The highest BCUT2D eigenvalue weighted by Gasteiger charge is 2.08. The molecule has 7 heteroatoms. The van der Waals surface area contributed by atoms with Crippen LogP contribution in [0.3, 0.4) is 0 Å². The third-order valence-corrected chi connectivity index (χ3v) is 3.73. The Bertz CT molecular complexity index is 803. The predicted octanol–water partition coefficient (Wildman–Crippen LogP) is 3.12. The molecule has 114 valence electrons.